The maximum atomic E-state index is 12.7. The Morgan fingerprint density at radius 3 is 3.14 bits per heavy atom. The molecule has 2 unspecified atom stereocenters. The minimum atomic E-state index is -0.586. The Morgan fingerprint density at radius 1 is 1.50 bits per heavy atom. The Kier molecular flexibility index (Phi) is 4.32. The zero-order valence-electron chi connectivity index (χ0n) is 12.4. The number of ether oxygens (including phenoxy) is 1. The molecule has 1 amide bonds. The summed E-state index contributed by atoms with van der Waals surface area (Å²) < 4.78 is 10.5. The van der Waals surface area contributed by atoms with E-state index in [-0.39, 0.29) is 11.9 Å². The molecule has 0 bridgehead atoms. The van der Waals surface area contributed by atoms with Crippen LogP contribution in [-0.2, 0) is 4.79 Å². The standard InChI is InChI=1S/C15H18N4O3/c1-11(22-12-5-4-7-16-9-12)15(20)19-8-3-2-6-13(19)14-17-10-21-18-14/h4-5,7,9-11,13H,2-3,6,8H2,1H3. The lowest BCUT2D eigenvalue weighted by Crippen LogP contribution is -2.45. The van der Waals surface area contributed by atoms with Crippen molar-refractivity contribution < 1.29 is 14.1 Å². The Bertz CT molecular complexity index is 603. The monoisotopic (exact) mass is 302 g/mol. The Balaban J connectivity index is 1.71. The molecule has 0 spiro atoms. The third kappa shape index (κ3) is 3.08. The van der Waals surface area contributed by atoms with E-state index < -0.39 is 6.10 Å². The minimum absolute atomic E-state index is 0.0710. The normalized spacial score (nSPS) is 19.7. The summed E-state index contributed by atoms with van der Waals surface area (Å²) in [6.07, 6.45) is 6.82. The van der Waals surface area contributed by atoms with Crippen molar-refractivity contribution in [1.82, 2.24) is 20.0 Å². The van der Waals surface area contributed by atoms with Crippen LogP contribution >= 0.6 is 0 Å². The molecule has 1 aliphatic rings. The molecule has 1 aliphatic heterocycles. The van der Waals surface area contributed by atoms with Crippen molar-refractivity contribution in [3.63, 3.8) is 0 Å². The lowest BCUT2D eigenvalue weighted by atomic mass is 10.0. The van der Waals surface area contributed by atoms with Gasteiger partial charge in [-0.3, -0.25) is 9.78 Å². The second kappa shape index (κ2) is 6.55. The van der Waals surface area contributed by atoms with Gasteiger partial charge in [0.05, 0.1) is 12.2 Å². The summed E-state index contributed by atoms with van der Waals surface area (Å²) in [6, 6.07) is 3.42. The van der Waals surface area contributed by atoms with Crippen molar-refractivity contribution in [2.45, 2.75) is 38.3 Å². The predicted molar refractivity (Wildman–Crippen MR) is 76.9 cm³/mol. The summed E-state index contributed by atoms with van der Waals surface area (Å²) in [5.41, 5.74) is 0. The van der Waals surface area contributed by atoms with Gasteiger partial charge in [0.15, 0.2) is 11.9 Å². The van der Waals surface area contributed by atoms with Crippen LogP contribution in [-0.4, -0.2) is 38.6 Å². The van der Waals surface area contributed by atoms with Crippen LogP contribution in [0.3, 0.4) is 0 Å². The Hall–Kier alpha value is -2.44. The molecule has 7 heteroatoms. The van der Waals surface area contributed by atoms with Crippen LogP contribution in [0.2, 0.25) is 0 Å². The molecule has 22 heavy (non-hydrogen) atoms. The number of hydrogen-bond acceptors (Lipinski definition) is 6. The molecule has 1 fully saturated rings. The van der Waals surface area contributed by atoms with Gasteiger partial charge in [-0.25, -0.2) is 0 Å². The lowest BCUT2D eigenvalue weighted by Gasteiger charge is -2.35. The first-order valence-corrected chi connectivity index (χ1v) is 7.39. The van der Waals surface area contributed by atoms with Gasteiger partial charge in [-0.15, -0.1) is 0 Å². The van der Waals surface area contributed by atoms with Crippen molar-refractivity contribution in [3.8, 4) is 5.75 Å². The quantitative estimate of drug-likeness (QED) is 0.859. The van der Waals surface area contributed by atoms with Crippen molar-refractivity contribution in [2.75, 3.05) is 6.54 Å². The van der Waals surface area contributed by atoms with Gasteiger partial charge < -0.3 is 14.2 Å². The predicted octanol–water partition coefficient (Wildman–Crippen LogP) is 1.99. The van der Waals surface area contributed by atoms with E-state index in [1.165, 1.54) is 6.39 Å². The van der Waals surface area contributed by atoms with Crippen LogP contribution in [0.4, 0.5) is 0 Å². The van der Waals surface area contributed by atoms with Crippen molar-refractivity contribution in [3.05, 3.63) is 36.7 Å². The highest BCUT2D eigenvalue weighted by molar-refractivity contribution is 5.81. The largest absolute Gasteiger partial charge is 0.479 e. The number of piperidine rings is 1. The first-order chi connectivity index (χ1) is 10.8. The first kappa shape index (κ1) is 14.5. The van der Waals surface area contributed by atoms with Gasteiger partial charge in [-0.1, -0.05) is 5.16 Å². The summed E-state index contributed by atoms with van der Waals surface area (Å²) in [5.74, 6) is 1.07. The smallest absolute Gasteiger partial charge is 0.263 e. The molecule has 3 rings (SSSR count). The van der Waals surface area contributed by atoms with E-state index in [9.17, 15) is 4.79 Å². The Labute approximate surface area is 128 Å². The number of aromatic nitrogens is 3. The average Bonchev–Trinajstić information content (AvgIpc) is 3.09. The highest BCUT2D eigenvalue weighted by atomic mass is 16.5. The molecule has 2 atom stereocenters. The van der Waals surface area contributed by atoms with Gasteiger partial charge in [0, 0.05) is 12.7 Å². The van der Waals surface area contributed by atoms with E-state index in [4.69, 9.17) is 9.26 Å². The van der Waals surface area contributed by atoms with Gasteiger partial charge in [-0.05, 0) is 38.3 Å². The van der Waals surface area contributed by atoms with Crippen LogP contribution in [0.25, 0.3) is 0 Å². The molecule has 0 radical (unpaired) electrons. The van der Waals surface area contributed by atoms with E-state index in [0.29, 0.717) is 18.1 Å². The highest BCUT2D eigenvalue weighted by Gasteiger charge is 2.33. The average molecular weight is 302 g/mol. The number of amides is 1. The maximum Gasteiger partial charge on any atom is 0.263 e. The number of pyridine rings is 1. The molecular formula is C15H18N4O3. The third-order valence-corrected chi connectivity index (χ3v) is 3.76. The number of nitrogens with zero attached hydrogens (tertiary/aromatic N) is 4. The van der Waals surface area contributed by atoms with Crippen LogP contribution < -0.4 is 4.74 Å². The summed E-state index contributed by atoms with van der Waals surface area (Å²) in [5, 5.41) is 3.89. The second-order valence-electron chi connectivity index (χ2n) is 5.28. The van der Waals surface area contributed by atoms with E-state index in [2.05, 4.69) is 15.1 Å². The van der Waals surface area contributed by atoms with Gasteiger partial charge in [0.1, 0.15) is 5.75 Å². The molecule has 1 saturated heterocycles. The molecule has 116 valence electrons. The summed E-state index contributed by atoms with van der Waals surface area (Å²) >= 11 is 0. The van der Waals surface area contributed by atoms with Gasteiger partial charge in [0.25, 0.3) is 5.91 Å². The fraction of sp³-hybridized carbons (Fsp3) is 0.467. The number of likely N-dealkylation sites (tertiary alicyclic amines) is 1. The van der Waals surface area contributed by atoms with E-state index in [0.717, 1.165) is 19.3 Å². The fourth-order valence-corrected chi connectivity index (χ4v) is 2.69. The number of hydrogen-bond donors (Lipinski definition) is 0. The van der Waals surface area contributed by atoms with Crippen LogP contribution in [0.5, 0.6) is 5.75 Å². The summed E-state index contributed by atoms with van der Waals surface area (Å²) in [6.45, 7) is 2.43. The molecular weight excluding hydrogens is 284 g/mol. The molecule has 0 saturated carbocycles. The fourth-order valence-electron chi connectivity index (χ4n) is 2.69. The number of carbonyl (C=O) groups is 1. The third-order valence-electron chi connectivity index (χ3n) is 3.76. The van der Waals surface area contributed by atoms with E-state index >= 15 is 0 Å². The van der Waals surface area contributed by atoms with Gasteiger partial charge in [0.2, 0.25) is 6.39 Å². The number of rotatable bonds is 4. The SMILES string of the molecule is CC(Oc1cccnc1)C(=O)N1CCCCC1c1ncon1. The molecule has 2 aromatic rings. The highest BCUT2D eigenvalue weighted by Crippen LogP contribution is 2.29. The second-order valence-corrected chi connectivity index (χ2v) is 5.28. The summed E-state index contributed by atoms with van der Waals surface area (Å²) in [4.78, 5) is 22.6. The van der Waals surface area contributed by atoms with Gasteiger partial charge >= 0.3 is 0 Å². The zero-order valence-corrected chi connectivity index (χ0v) is 12.4. The molecule has 7 nitrogen and oxygen atoms in total. The molecule has 0 N–H and O–H groups in total. The first-order valence-electron chi connectivity index (χ1n) is 7.39. The molecule has 0 aliphatic carbocycles. The van der Waals surface area contributed by atoms with Crippen molar-refractivity contribution in [2.24, 2.45) is 0 Å². The summed E-state index contributed by atoms with van der Waals surface area (Å²) in [7, 11) is 0. The Morgan fingerprint density at radius 2 is 2.41 bits per heavy atom. The van der Waals surface area contributed by atoms with Crippen molar-refractivity contribution >= 4 is 5.91 Å². The van der Waals surface area contributed by atoms with E-state index in [1.807, 2.05) is 0 Å². The molecule has 2 aromatic heterocycles. The molecule has 3 heterocycles. The van der Waals surface area contributed by atoms with Gasteiger partial charge in [-0.2, -0.15) is 4.98 Å². The van der Waals surface area contributed by atoms with Crippen molar-refractivity contribution in [1.29, 1.82) is 0 Å². The van der Waals surface area contributed by atoms with E-state index in [1.54, 1.807) is 36.4 Å². The lowest BCUT2D eigenvalue weighted by molar-refractivity contribution is -0.142. The maximum absolute atomic E-state index is 12.7. The zero-order chi connectivity index (χ0) is 15.4. The van der Waals surface area contributed by atoms with Crippen LogP contribution in [0.1, 0.15) is 38.1 Å². The topological polar surface area (TPSA) is 81.4 Å². The molecule has 0 aromatic carbocycles. The van der Waals surface area contributed by atoms with Crippen LogP contribution in [0.15, 0.2) is 35.4 Å². The number of carbonyl (C=O) groups excluding carboxylic acids is 1. The minimum Gasteiger partial charge on any atom is -0.479 e. The van der Waals surface area contributed by atoms with Crippen LogP contribution in [0, 0.1) is 0 Å².